The van der Waals surface area contributed by atoms with Gasteiger partial charge in [0.1, 0.15) is 0 Å². The zero-order chi connectivity index (χ0) is 13.3. The molecule has 0 saturated heterocycles. The standard InChI is InChI=1S/C11H11F3O2S/c1-3-10(11(12,13)14)17(15,16)9-6-4-8(2)5-7-9/h3-7,10H,1H2,2H3. The molecule has 0 aliphatic rings. The molecule has 0 radical (unpaired) electrons. The Hall–Kier alpha value is -1.30. The van der Waals surface area contributed by atoms with Crippen LogP contribution in [0.15, 0.2) is 41.8 Å². The Balaban J connectivity index is 3.27. The molecule has 0 heterocycles. The largest absolute Gasteiger partial charge is 0.409 e. The van der Waals surface area contributed by atoms with E-state index in [1.54, 1.807) is 6.92 Å². The molecule has 94 valence electrons. The second-order valence-electron chi connectivity index (χ2n) is 3.56. The molecule has 0 aliphatic heterocycles. The fraction of sp³-hybridized carbons (Fsp3) is 0.273. The van der Waals surface area contributed by atoms with Crippen LogP contribution in [0.5, 0.6) is 0 Å². The lowest BCUT2D eigenvalue weighted by Gasteiger charge is -2.17. The summed E-state index contributed by atoms with van der Waals surface area (Å²) in [7, 11) is -4.47. The van der Waals surface area contributed by atoms with Crippen molar-refractivity contribution in [2.45, 2.75) is 23.2 Å². The molecule has 1 aromatic rings. The van der Waals surface area contributed by atoms with E-state index in [1.165, 1.54) is 12.1 Å². The van der Waals surface area contributed by atoms with E-state index < -0.39 is 21.3 Å². The van der Waals surface area contributed by atoms with Gasteiger partial charge in [0.2, 0.25) is 0 Å². The molecule has 0 aliphatic carbocycles. The van der Waals surface area contributed by atoms with Gasteiger partial charge in [-0.25, -0.2) is 8.42 Å². The topological polar surface area (TPSA) is 34.1 Å². The third-order valence-electron chi connectivity index (χ3n) is 2.22. The maximum absolute atomic E-state index is 12.5. The van der Waals surface area contributed by atoms with Gasteiger partial charge in [0.05, 0.1) is 4.90 Å². The van der Waals surface area contributed by atoms with Gasteiger partial charge in [0.25, 0.3) is 0 Å². The number of sulfone groups is 1. The number of hydrogen-bond acceptors (Lipinski definition) is 2. The minimum absolute atomic E-state index is 0.356. The summed E-state index contributed by atoms with van der Waals surface area (Å²) in [5.41, 5.74) is 0.770. The molecule has 6 heteroatoms. The molecule has 0 N–H and O–H groups in total. The zero-order valence-electron chi connectivity index (χ0n) is 9.03. The Morgan fingerprint density at radius 1 is 1.24 bits per heavy atom. The smallest absolute Gasteiger partial charge is 0.223 e. The average molecular weight is 264 g/mol. The van der Waals surface area contributed by atoms with E-state index in [0.717, 1.165) is 17.7 Å². The lowest BCUT2D eigenvalue weighted by molar-refractivity contribution is -0.121. The van der Waals surface area contributed by atoms with Crippen LogP contribution in [-0.4, -0.2) is 19.8 Å². The molecule has 1 aromatic carbocycles. The van der Waals surface area contributed by atoms with Crippen LogP contribution in [-0.2, 0) is 9.84 Å². The molecule has 1 atom stereocenters. The van der Waals surface area contributed by atoms with Crippen LogP contribution in [0.25, 0.3) is 0 Å². The fourth-order valence-electron chi connectivity index (χ4n) is 1.31. The van der Waals surface area contributed by atoms with Crippen molar-refractivity contribution in [1.29, 1.82) is 0 Å². The fourth-order valence-corrected chi connectivity index (χ4v) is 2.72. The Morgan fingerprint density at radius 2 is 1.71 bits per heavy atom. The Labute approximate surface area is 97.7 Å². The summed E-state index contributed by atoms with van der Waals surface area (Å²) in [6.07, 6.45) is -4.46. The first-order chi connectivity index (χ1) is 7.69. The number of benzene rings is 1. The molecular formula is C11H11F3O2S. The molecule has 0 amide bonds. The summed E-state index contributed by atoms with van der Waals surface area (Å²) < 4.78 is 61.1. The van der Waals surface area contributed by atoms with Crippen molar-refractivity contribution >= 4 is 9.84 Å². The molecule has 0 saturated carbocycles. The maximum atomic E-state index is 12.5. The van der Waals surface area contributed by atoms with Gasteiger partial charge in [-0.05, 0) is 19.1 Å². The van der Waals surface area contributed by atoms with Crippen molar-refractivity contribution in [1.82, 2.24) is 0 Å². The summed E-state index contributed by atoms with van der Waals surface area (Å²) in [5, 5.41) is -2.57. The first kappa shape index (κ1) is 13.8. The SMILES string of the molecule is C=CC(C(F)(F)F)S(=O)(=O)c1ccc(C)cc1. The Kier molecular flexibility index (Phi) is 3.66. The van der Waals surface area contributed by atoms with E-state index in [9.17, 15) is 21.6 Å². The lowest BCUT2D eigenvalue weighted by atomic mass is 10.2. The first-order valence-corrected chi connectivity index (χ1v) is 6.24. The molecule has 0 bridgehead atoms. The third kappa shape index (κ3) is 2.88. The molecule has 0 aromatic heterocycles. The Morgan fingerprint density at radius 3 is 2.06 bits per heavy atom. The molecule has 0 spiro atoms. The normalized spacial score (nSPS) is 14.4. The van der Waals surface area contributed by atoms with Crippen LogP contribution in [0.2, 0.25) is 0 Å². The molecule has 0 fully saturated rings. The van der Waals surface area contributed by atoms with Gasteiger partial charge >= 0.3 is 6.18 Å². The average Bonchev–Trinajstić information content (AvgIpc) is 2.16. The van der Waals surface area contributed by atoms with E-state index in [1.807, 2.05) is 0 Å². The molecule has 17 heavy (non-hydrogen) atoms. The molecule has 1 rings (SSSR count). The predicted molar refractivity (Wildman–Crippen MR) is 58.4 cm³/mol. The predicted octanol–water partition coefficient (Wildman–Crippen LogP) is 2.89. The molecular weight excluding hydrogens is 253 g/mol. The van der Waals surface area contributed by atoms with E-state index in [-0.39, 0.29) is 4.90 Å². The van der Waals surface area contributed by atoms with Crippen LogP contribution < -0.4 is 0 Å². The van der Waals surface area contributed by atoms with Crippen molar-refractivity contribution in [3.8, 4) is 0 Å². The quantitative estimate of drug-likeness (QED) is 0.787. The molecule has 1 unspecified atom stereocenters. The van der Waals surface area contributed by atoms with Crippen LogP contribution >= 0.6 is 0 Å². The number of halogens is 3. The number of hydrogen-bond donors (Lipinski definition) is 0. The highest BCUT2D eigenvalue weighted by Gasteiger charge is 2.47. The summed E-state index contributed by atoms with van der Waals surface area (Å²) >= 11 is 0. The van der Waals surface area contributed by atoms with Crippen molar-refractivity contribution in [2.24, 2.45) is 0 Å². The Bertz CT molecular complexity index is 501. The van der Waals surface area contributed by atoms with Gasteiger partial charge in [-0.1, -0.05) is 23.8 Å². The number of aryl methyl sites for hydroxylation is 1. The second-order valence-corrected chi connectivity index (χ2v) is 5.63. The van der Waals surface area contributed by atoms with Crippen LogP contribution in [0.1, 0.15) is 5.56 Å². The highest BCUT2D eigenvalue weighted by atomic mass is 32.2. The first-order valence-electron chi connectivity index (χ1n) is 4.69. The van der Waals surface area contributed by atoms with Crippen molar-refractivity contribution in [3.63, 3.8) is 0 Å². The van der Waals surface area contributed by atoms with E-state index in [2.05, 4.69) is 6.58 Å². The minimum Gasteiger partial charge on any atom is -0.223 e. The van der Waals surface area contributed by atoms with Crippen molar-refractivity contribution in [3.05, 3.63) is 42.5 Å². The highest BCUT2D eigenvalue weighted by Crippen LogP contribution is 2.31. The monoisotopic (exact) mass is 264 g/mol. The van der Waals surface area contributed by atoms with Gasteiger partial charge in [-0.3, -0.25) is 0 Å². The van der Waals surface area contributed by atoms with Crippen LogP contribution in [0.4, 0.5) is 13.2 Å². The minimum atomic E-state index is -4.86. The lowest BCUT2D eigenvalue weighted by Crippen LogP contribution is -2.34. The number of alkyl halides is 3. The van der Waals surface area contributed by atoms with Gasteiger partial charge < -0.3 is 0 Å². The van der Waals surface area contributed by atoms with Crippen molar-refractivity contribution < 1.29 is 21.6 Å². The third-order valence-corrected chi connectivity index (χ3v) is 4.28. The van der Waals surface area contributed by atoms with Gasteiger partial charge in [-0.2, -0.15) is 13.2 Å². The summed E-state index contributed by atoms with van der Waals surface area (Å²) in [5.74, 6) is 0. The zero-order valence-corrected chi connectivity index (χ0v) is 9.85. The number of rotatable bonds is 3. The van der Waals surface area contributed by atoms with Crippen molar-refractivity contribution in [2.75, 3.05) is 0 Å². The summed E-state index contributed by atoms with van der Waals surface area (Å²) in [6.45, 7) is 4.65. The summed E-state index contributed by atoms with van der Waals surface area (Å²) in [6, 6.07) is 5.21. The van der Waals surface area contributed by atoms with Gasteiger partial charge in [0, 0.05) is 0 Å². The second kappa shape index (κ2) is 4.52. The van der Waals surface area contributed by atoms with E-state index in [0.29, 0.717) is 6.08 Å². The van der Waals surface area contributed by atoms with E-state index in [4.69, 9.17) is 0 Å². The van der Waals surface area contributed by atoms with Crippen LogP contribution in [0, 0.1) is 6.92 Å². The van der Waals surface area contributed by atoms with Crippen LogP contribution in [0.3, 0.4) is 0 Å². The van der Waals surface area contributed by atoms with Gasteiger partial charge in [-0.15, -0.1) is 6.58 Å². The van der Waals surface area contributed by atoms with E-state index >= 15 is 0 Å². The molecule has 2 nitrogen and oxygen atoms in total. The van der Waals surface area contributed by atoms with Gasteiger partial charge in [0.15, 0.2) is 15.1 Å². The maximum Gasteiger partial charge on any atom is 0.409 e. The summed E-state index contributed by atoms with van der Waals surface area (Å²) in [4.78, 5) is -0.356. The highest BCUT2D eigenvalue weighted by molar-refractivity contribution is 7.92.